The highest BCUT2D eigenvalue weighted by Gasteiger charge is 2.12. The zero-order chi connectivity index (χ0) is 12.4. The maximum Gasteiger partial charge on any atom is 0.103 e. The molecular formula is C12H9ClIN3. The number of aromatic nitrogens is 1. The van der Waals surface area contributed by atoms with Crippen molar-refractivity contribution in [1.29, 1.82) is 5.26 Å². The molecule has 0 amide bonds. The summed E-state index contributed by atoms with van der Waals surface area (Å²) in [6.07, 6.45) is 1.56. The predicted octanol–water partition coefficient (Wildman–Crippen LogP) is 3.80. The number of hydrogen-bond donors (Lipinski definition) is 1. The Morgan fingerprint density at radius 2 is 2.29 bits per heavy atom. The van der Waals surface area contributed by atoms with Crippen molar-refractivity contribution in [2.45, 2.75) is 6.92 Å². The summed E-state index contributed by atoms with van der Waals surface area (Å²) in [7, 11) is 0. The summed E-state index contributed by atoms with van der Waals surface area (Å²) >= 11 is 8.35. The standard InChI is InChI=1S/C12H9ClIN3/c1-2-16-11-7(5-15)6-17-12-8(13)3-4-9(14)10(11)12/h3-4,6H,2H2,1H3,(H,16,17). The average Bonchev–Trinajstić information content (AvgIpc) is 2.34. The van der Waals surface area contributed by atoms with Crippen molar-refractivity contribution >= 4 is 50.8 Å². The van der Waals surface area contributed by atoms with Crippen LogP contribution in [0, 0.1) is 14.9 Å². The van der Waals surface area contributed by atoms with Gasteiger partial charge in [0.1, 0.15) is 6.07 Å². The fourth-order valence-electron chi connectivity index (χ4n) is 1.68. The molecule has 0 aliphatic heterocycles. The first kappa shape index (κ1) is 12.4. The monoisotopic (exact) mass is 357 g/mol. The third-order valence-corrected chi connectivity index (χ3v) is 3.60. The molecule has 1 aromatic heterocycles. The minimum absolute atomic E-state index is 0.541. The summed E-state index contributed by atoms with van der Waals surface area (Å²) in [6.45, 7) is 2.74. The molecule has 0 fully saturated rings. The number of fused-ring (bicyclic) bond motifs is 1. The molecule has 0 aliphatic carbocycles. The second-order valence-corrected chi connectivity index (χ2v) is 5.01. The maximum atomic E-state index is 9.10. The van der Waals surface area contributed by atoms with Crippen molar-refractivity contribution in [3.8, 4) is 6.07 Å². The fraction of sp³-hybridized carbons (Fsp3) is 0.167. The van der Waals surface area contributed by atoms with E-state index >= 15 is 0 Å². The molecule has 2 aromatic rings. The Bertz CT molecular complexity index is 619. The average molecular weight is 358 g/mol. The zero-order valence-electron chi connectivity index (χ0n) is 9.09. The Hall–Kier alpha value is -1.06. The van der Waals surface area contributed by atoms with Gasteiger partial charge in [-0.2, -0.15) is 5.26 Å². The highest BCUT2D eigenvalue weighted by Crippen LogP contribution is 2.33. The van der Waals surface area contributed by atoms with Crippen LogP contribution in [0.5, 0.6) is 0 Å². The van der Waals surface area contributed by atoms with Crippen LogP contribution in [0.15, 0.2) is 18.3 Å². The summed E-state index contributed by atoms with van der Waals surface area (Å²) in [6, 6.07) is 5.89. The molecule has 0 atom stereocenters. The molecule has 0 spiro atoms. The molecule has 1 heterocycles. The van der Waals surface area contributed by atoms with Crippen LogP contribution in [0.2, 0.25) is 5.02 Å². The van der Waals surface area contributed by atoms with Gasteiger partial charge in [-0.05, 0) is 41.6 Å². The smallest absolute Gasteiger partial charge is 0.103 e. The second-order valence-electron chi connectivity index (χ2n) is 3.44. The molecule has 2 rings (SSSR count). The van der Waals surface area contributed by atoms with E-state index in [1.807, 2.05) is 19.1 Å². The van der Waals surface area contributed by atoms with E-state index in [0.29, 0.717) is 10.6 Å². The number of nitrogens with one attached hydrogen (secondary N) is 1. The van der Waals surface area contributed by atoms with Crippen LogP contribution in [0.1, 0.15) is 12.5 Å². The minimum Gasteiger partial charge on any atom is -0.384 e. The van der Waals surface area contributed by atoms with Crippen LogP contribution < -0.4 is 5.32 Å². The van der Waals surface area contributed by atoms with Crippen LogP contribution in [-0.4, -0.2) is 11.5 Å². The van der Waals surface area contributed by atoms with Crippen molar-refractivity contribution < 1.29 is 0 Å². The zero-order valence-corrected chi connectivity index (χ0v) is 12.0. The van der Waals surface area contributed by atoms with E-state index in [-0.39, 0.29) is 0 Å². The van der Waals surface area contributed by atoms with Gasteiger partial charge in [-0.1, -0.05) is 11.6 Å². The maximum absolute atomic E-state index is 9.10. The fourth-order valence-corrected chi connectivity index (χ4v) is 2.59. The predicted molar refractivity (Wildman–Crippen MR) is 78.3 cm³/mol. The molecule has 1 N–H and O–H groups in total. The lowest BCUT2D eigenvalue weighted by atomic mass is 10.1. The summed E-state index contributed by atoms with van der Waals surface area (Å²) in [4.78, 5) is 4.26. The van der Waals surface area contributed by atoms with E-state index in [0.717, 1.165) is 26.7 Å². The van der Waals surface area contributed by atoms with Crippen molar-refractivity contribution in [3.63, 3.8) is 0 Å². The first-order valence-corrected chi connectivity index (χ1v) is 6.55. The van der Waals surface area contributed by atoms with Crippen molar-refractivity contribution in [3.05, 3.63) is 32.5 Å². The second kappa shape index (κ2) is 5.07. The van der Waals surface area contributed by atoms with E-state index in [1.165, 1.54) is 0 Å². The summed E-state index contributed by atoms with van der Waals surface area (Å²) < 4.78 is 1.03. The van der Waals surface area contributed by atoms with E-state index in [4.69, 9.17) is 16.9 Å². The third-order valence-electron chi connectivity index (χ3n) is 2.39. The molecule has 0 aliphatic rings. The van der Waals surface area contributed by atoms with E-state index in [9.17, 15) is 0 Å². The molecular weight excluding hydrogens is 349 g/mol. The molecule has 0 saturated heterocycles. The van der Waals surface area contributed by atoms with Crippen LogP contribution in [0.4, 0.5) is 5.69 Å². The topological polar surface area (TPSA) is 48.7 Å². The van der Waals surface area contributed by atoms with E-state index < -0.39 is 0 Å². The van der Waals surface area contributed by atoms with E-state index in [2.05, 4.69) is 39.0 Å². The Labute approximate surface area is 118 Å². The summed E-state index contributed by atoms with van der Waals surface area (Å²) in [5.41, 5.74) is 2.08. The molecule has 5 heteroatoms. The third kappa shape index (κ3) is 2.17. The summed E-state index contributed by atoms with van der Waals surface area (Å²) in [5.74, 6) is 0. The van der Waals surface area contributed by atoms with Crippen molar-refractivity contribution in [1.82, 2.24) is 4.98 Å². The van der Waals surface area contributed by atoms with Crippen LogP contribution in [0.25, 0.3) is 10.9 Å². The highest BCUT2D eigenvalue weighted by atomic mass is 127. The lowest BCUT2D eigenvalue weighted by molar-refractivity contribution is 1.21. The Morgan fingerprint density at radius 1 is 1.53 bits per heavy atom. The number of anilines is 1. The molecule has 0 radical (unpaired) electrons. The first-order valence-electron chi connectivity index (χ1n) is 5.09. The van der Waals surface area contributed by atoms with Gasteiger partial charge in [-0.25, -0.2) is 0 Å². The highest BCUT2D eigenvalue weighted by molar-refractivity contribution is 14.1. The van der Waals surface area contributed by atoms with Gasteiger partial charge in [0, 0.05) is 21.7 Å². The molecule has 0 saturated carbocycles. The Morgan fingerprint density at radius 3 is 2.94 bits per heavy atom. The molecule has 0 bridgehead atoms. The molecule has 17 heavy (non-hydrogen) atoms. The lowest BCUT2D eigenvalue weighted by Gasteiger charge is -2.11. The van der Waals surface area contributed by atoms with Gasteiger partial charge in [0.25, 0.3) is 0 Å². The normalized spacial score (nSPS) is 10.2. The quantitative estimate of drug-likeness (QED) is 0.832. The molecule has 3 nitrogen and oxygen atoms in total. The van der Waals surface area contributed by atoms with Crippen molar-refractivity contribution in [2.75, 3.05) is 11.9 Å². The molecule has 86 valence electrons. The number of hydrogen-bond acceptors (Lipinski definition) is 3. The van der Waals surface area contributed by atoms with Gasteiger partial charge >= 0.3 is 0 Å². The summed E-state index contributed by atoms with van der Waals surface area (Å²) in [5, 5.41) is 13.8. The minimum atomic E-state index is 0.541. The SMILES string of the molecule is CCNc1c(C#N)cnc2c(Cl)ccc(I)c12. The number of nitrogens with zero attached hydrogens (tertiary/aromatic N) is 2. The number of benzene rings is 1. The number of pyridine rings is 1. The van der Waals surface area contributed by atoms with Gasteiger partial charge in [0.15, 0.2) is 0 Å². The van der Waals surface area contributed by atoms with Crippen LogP contribution in [0.3, 0.4) is 0 Å². The largest absolute Gasteiger partial charge is 0.384 e. The van der Waals surface area contributed by atoms with Crippen LogP contribution >= 0.6 is 34.2 Å². The van der Waals surface area contributed by atoms with Gasteiger partial charge in [-0.3, -0.25) is 4.98 Å². The number of rotatable bonds is 2. The van der Waals surface area contributed by atoms with Gasteiger partial charge in [-0.15, -0.1) is 0 Å². The Kier molecular flexibility index (Phi) is 3.69. The van der Waals surface area contributed by atoms with E-state index in [1.54, 1.807) is 6.20 Å². The van der Waals surface area contributed by atoms with Crippen molar-refractivity contribution in [2.24, 2.45) is 0 Å². The van der Waals surface area contributed by atoms with Gasteiger partial charge in [0.2, 0.25) is 0 Å². The lowest BCUT2D eigenvalue weighted by Crippen LogP contribution is -2.02. The van der Waals surface area contributed by atoms with Crippen LogP contribution in [-0.2, 0) is 0 Å². The number of nitriles is 1. The van der Waals surface area contributed by atoms with Gasteiger partial charge in [0.05, 0.1) is 21.8 Å². The molecule has 0 unspecified atom stereocenters. The van der Waals surface area contributed by atoms with Gasteiger partial charge < -0.3 is 5.32 Å². The Balaban J connectivity index is 2.89. The number of halogens is 2. The molecule has 1 aromatic carbocycles. The first-order chi connectivity index (χ1) is 8.19.